The van der Waals surface area contributed by atoms with E-state index in [1.807, 2.05) is 6.07 Å². The van der Waals surface area contributed by atoms with E-state index in [4.69, 9.17) is 21.1 Å². The predicted molar refractivity (Wildman–Crippen MR) is 95.6 cm³/mol. The lowest BCUT2D eigenvalue weighted by atomic mass is 9.96. The standard InChI is InChI=1S/C19H27ClN2O2/c20-16-2-3-17-14(11-16)1-4-18(17)21-12-19(15-5-8-24-13-15)22-6-9-23-10-7-22/h2-3,11,15,18-19,21H,1,4-10,12-13H2/t15-,18+,19+/m1/s1. The van der Waals surface area contributed by atoms with E-state index in [9.17, 15) is 0 Å². The molecule has 24 heavy (non-hydrogen) atoms. The van der Waals surface area contributed by atoms with Crippen LogP contribution in [0.1, 0.15) is 30.0 Å². The van der Waals surface area contributed by atoms with Crippen LogP contribution in [0, 0.1) is 5.92 Å². The van der Waals surface area contributed by atoms with E-state index in [1.165, 1.54) is 24.0 Å². The van der Waals surface area contributed by atoms with Gasteiger partial charge < -0.3 is 14.8 Å². The summed E-state index contributed by atoms with van der Waals surface area (Å²) in [6, 6.07) is 7.36. The van der Waals surface area contributed by atoms with Crippen molar-refractivity contribution in [2.45, 2.75) is 31.3 Å². The van der Waals surface area contributed by atoms with Crippen molar-refractivity contribution >= 4 is 11.6 Å². The summed E-state index contributed by atoms with van der Waals surface area (Å²) in [4.78, 5) is 2.60. The van der Waals surface area contributed by atoms with Gasteiger partial charge in [0, 0.05) is 49.3 Å². The van der Waals surface area contributed by atoms with E-state index in [-0.39, 0.29) is 0 Å². The minimum Gasteiger partial charge on any atom is -0.381 e. The van der Waals surface area contributed by atoms with E-state index in [0.29, 0.717) is 18.0 Å². The van der Waals surface area contributed by atoms with Crippen molar-refractivity contribution in [3.63, 3.8) is 0 Å². The molecule has 1 N–H and O–H groups in total. The van der Waals surface area contributed by atoms with Crippen LogP contribution in [0.3, 0.4) is 0 Å². The molecule has 0 aromatic heterocycles. The molecule has 2 aliphatic heterocycles. The first-order valence-electron chi connectivity index (χ1n) is 9.22. The third-order valence-corrected chi connectivity index (χ3v) is 6.02. The lowest BCUT2D eigenvalue weighted by molar-refractivity contribution is 0.000801. The molecule has 1 aliphatic carbocycles. The monoisotopic (exact) mass is 350 g/mol. The van der Waals surface area contributed by atoms with Gasteiger partial charge in [-0.15, -0.1) is 0 Å². The Labute approximate surface area is 149 Å². The molecule has 4 rings (SSSR count). The van der Waals surface area contributed by atoms with Gasteiger partial charge >= 0.3 is 0 Å². The van der Waals surface area contributed by atoms with Crippen LogP contribution in [-0.4, -0.2) is 57.0 Å². The number of rotatable bonds is 5. The van der Waals surface area contributed by atoms with Crippen LogP contribution in [0.5, 0.6) is 0 Å². The molecule has 0 bridgehead atoms. The van der Waals surface area contributed by atoms with E-state index in [0.717, 1.165) is 57.5 Å². The molecule has 2 fully saturated rings. The second kappa shape index (κ2) is 7.71. The Morgan fingerprint density at radius 2 is 2.04 bits per heavy atom. The van der Waals surface area contributed by atoms with Gasteiger partial charge in [0.05, 0.1) is 19.8 Å². The highest BCUT2D eigenvalue weighted by Crippen LogP contribution is 2.33. The largest absolute Gasteiger partial charge is 0.381 e. The number of nitrogens with one attached hydrogen (secondary N) is 1. The highest BCUT2D eigenvalue weighted by atomic mass is 35.5. The van der Waals surface area contributed by atoms with Crippen molar-refractivity contribution in [3.05, 3.63) is 34.3 Å². The minimum atomic E-state index is 0.461. The SMILES string of the molecule is Clc1ccc2c(c1)CC[C@@H]2NC[C@@H]([C@@H]1CCOC1)N1CCOCC1. The fraction of sp³-hybridized carbons (Fsp3) is 0.684. The Morgan fingerprint density at radius 1 is 1.17 bits per heavy atom. The Balaban J connectivity index is 1.42. The minimum absolute atomic E-state index is 0.461. The normalized spacial score (nSPS) is 28.9. The van der Waals surface area contributed by atoms with Crippen molar-refractivity contribution < 1.29 is 9.47 Å². The molecule has 2 heterocycles. The molecule has 1 aromatic rings. The average Bonchev–Trinajstić information content (AvgIpc) is 3.26. The predicted octanol–water partition coefficient (Wildman–Crippen LogP) is 2.65. The number of hydrogen-bond donors (Lipinski definition) is 1. The fourth-order valence-corrected chi connectivity index (χ4v) is 4.62. The highest BCUT2D eigenvalue weighted by molar-refractivity contribution is 6.30. The van der Waals surface area contributed by atoms with Crippen molar-refractivity contribution in [2.75, 3.05) is 46.1 Å². The summed E-state index contributed by atoms with van der Waals surface area (Å²) < 4.78 is 11.2. The number of hydrogen-bond acceptors (Lipinski definition) is 4. The van der Waals surface area contributed by atoms with Crippen LogP contribution < -0.4 is 5.32 Å². The zero-order chi connectivity index (χ0) is 16.4. The van der Waals surface area contributed by atoms with E-state index < -0.39 is 0 Å². The van der Waals surface area contributed by atoms with Gasteiger partial charge in [0.25, 0.3) is 0 Å². The lowest BCUT2D eigenvalue weighted by Gasteiger charge is -2.38. The molecular formula is C19H27ClN2O2. The molecule has 0 saturated carbocycles. The van der Waals surface area contributed by atoms with Crippen LogP contribution in [0.2, 0.25) is 5.02 Å². The molecule has 3 aliphatic rings. The zero-order valence-electron chi connectivity index (χ0n) is 14.2. The summed E-state index contributed by atoms with van der Waals surface area (Å²) >= 11 is 6.13. The molecule has 0 spiro atoms. The number of morpholine rings is 1. The van der Waals surface area contributed by atoms with E-state index in [1.54, 1.807) is 0 Å². The number of fused-ring (bicyclic) bond motifs is 1. The second-order valence-corrected chi connectivity index (χ2v) is 7.62. The van der Waals surface area contributed by atoms with Crippen molar-refractivity contribution in [2.24, 2.45) is 5.92 Å². The van der Waals surface area contributed by atoms with Gasteiger partial charge in [-0.05, 0) is 42.5 Å². The van der Waals surface area contributed by atoms with E-state index >= 15 is 0 Å². The number of aryl methyl sites for hydroxylation is 1. The number of nitrogens with zero attached hydrogens (tertiary/aromatic N) is 1. The first-order valence-corrected chi connectivity index (χ1v) is 9.60. The fourth-order valence-electron chi connectivity index (χ4n) is 4.42. The Kier molecular flexibility index (Phi) is 5.40. The first kappa shape index (κ1) is 16.8. The van der Waals surface area contributed by atoms with Gasteiger partial charge in [0.2, 0.25) is 0 Å². The zero-order valence-corrected chi connectivity index (χ0v) is 14.9. The number of halogens is 1. The molecule has 132 valence electrons. The summed E-state index contributed by atoms with van der Waals surface area (Å²) in [6.07, 6.45) is 3.48. The van der Waals surface area contributed by atoms with Crippen LogP contribution in [0.4, 0.5) is 0 Å². The quantitative estimate of drug-likeness (QED) is 0.885. The van der Waals surface area contributed by atoms with Crippen LogP contribution in [0.25, 0.3) is 0 Å². The number of benzene rings is 1. The smallest absolute Gasteiger partial charge is 0.0594 e. The Bertz CT molecular complexity index is 556. The van der Waals surface area contributed by atoms with Crippen LogP contribution in [0.15, 0.2) is 18.2 Å². The summed E-state index contributed by atoms with van der Waals surface area (Å²) in [5.41, 5.74) is 2.84. The van der Waals surface area contributed by atoms with Gasteiger partial charge in [0.1, 0.15) is 0 Å². The molecule has 4 nitrogen and oxygen atoms in total. The molecule has 1 aromatic carbocycles. The topological polar surface area (TPSA) is 33.7 Å². The third-order valence-electron chi connectivity index (χ3n) is 5.78. The van der Waals surface area contributed by atoms with Crippen molar-refractivity contribution in [1.29, 1.82) is 0 Å². The van der Waals surface area contributed by atoms with Gasteiger partial charge in [-0.25, -0.2) is 0 Å². The lowest BCUT2D eigenvalue weighted by Crippen LogP contribution is -2.51. The molecule has 3 atom stereocenters. The van der Waals surface area contributed by atoms with Crippen LogP contribution >= 0.6 is 11.6 Å². The van der Waals surface area contributed by atoms with E-state index in [2.05, 4.69) is 22.3 Å². The molecule has 5 heteroatoms. The molecule has 0 unspecified atom stereocenters. The summed E-state index contributed by atoms with van der Waals surface area (Å²) in [6.45, 7) is 6.64. The van der Waals surface area contributed by atoms with Crippen molar-refractivity contribution in [1.82, 2.24) is 10.2 Å². The summed E-state index contributed by atoms with van der Waals surface area (Å²) in [5, 5.41) is 4.70. The first-order chi connectivity index (χ1) is 11.8. The molecule has 0 amide bonds. The maximum Gasteiger partial charge on any atom is 0.0594 e. The molecule has 0 radical (unpaired) electrons. The maximum atomic E-state index is 6.13. The van der Waals surface area contributed by atoms with Gasteiger partial charge in [-0.3, -0.25) is 4.90 Å². The number of ether oxygens (including phenoxy) is 2. The third kappa shape index (κ3) is 3.63. The molecule has 2 saturated heterocycles. The highest BCUT2D eigenvalue weighted by Gasteiger charge is 2.32. The second-order valence-electron chi connectivity index (χ2n) is 7.18. The summed E-state index contributed by atoms with van der Waals surface area (Å²) in [7, 11) is 0. The Hall–Kier alpha value is -0.650. The summed E-state index contributed by atoms with van der Waals surface area (Å²) in [5.74, 6) is 0.640. The van der Waals surface area contributed by atoms with Crippen molar-refractivity contribution in [3.8, 4) is 0 Å². The molecular weight excluding hydrogens is 324 g/mol. The van der Waals surface area contributed by atoms with Gasteiger partial charge in [-0.2, -0.15) is 0 Å². The van der Waals surface area contributed by atoms with Gasteiger partial charge in [-0.1, -0.05) is 17.7 Å². The van der Waals surface area contributed by atoms with Gasteiger partial charge in [0.15, 0.2) is 0 Å². The maximum absolute atomic E-state index is 6.13. The average molecular weight is 351 g/mol. The van der Waals surface area contributed by atoms with Crippen LogP contribution in [-0.2, 0) is 15.9 Å². The Morgan fingerprint density at radius 3 is 2.83 bits per heavy atom.